The minimum atomic E-state index is -0.917. The summed E-state index contributed by atoms with van der Waals surface area (Å²) >= 11 is 3.59. The Morgan fingerprint density at radius 1 is 1.05 bits per heavy atom. The number of rotatable bonds is 10. The van der Waals surface area contributed by atoms with Crippen LogP contribution in [-0.2, 0) is 9.59 Å². The summed E-state index contributed by atoms with van der Waals surface area (Å²) in [6.45, 7) is 6.16. The highest BCUT2D eigenvalue weighted by atomic mass is 79.9. The summed E-state index contributed by atoms with van der Waals surface area (Å²) in [6.07, 6.45) is 7.58. The molecule has 0 spiro atoms. The number of Topliss-reactive ketones (excluding diaryl/α,β-unsaturated/α-hetero) is 2. The molecule has 0 unspecified atom stereocenters. The maximum Gasteiger partial charge on any atom is 0.157 e. The molecule has 4 heteroatoms. The van der Waals surface area contributed by atoms with Gasteiger partial charge in [-0.1, -0.05) is 42.6 Å². The molecule has 1 N–H and O–H groups in total. The number of carbonyl (C=O) groups is 2. The van der Waals surface area contributed by atoms with Gasteiger partial charge in [0.15, 0.2) is 11.6 Å². The lowest BCUT2D eigenvalue weighted by Gasteiger charge is -2.31. The SMILES string of the molecule is CCCCC(=O)C(Br)(CC1CCNCC1)C(=O)CCCC. The molecule has 0 aromatic heterocycles. The Balaban J connectivity index is 2.75. The zero-order valence-electron chi connectivity index (χ0n) is 13.5. The van der Waals surface area contributed by atoms with Gasteiger partial charge in [0.2, 0.25) is 0 Å². The van der Waals surface area contributed by atoms with E-state index in [-0.39, 0.29) is 11.6 Å². The van der Waals surface area contributed by atoms with Gasteiger partial charge in [0.25, 0.3) is 0 Å². The third-order valence-electron chi connectivity index (χ3n) is 4.43. The first kappa shape index (κ1) is 18.8. The Morgan fingerprint density at radius 3 is 1.95 bits per heavy atom. The molecule has 0 aromatic rings. The van der Waals surface area contributed by atoms with E-state index in [4.69, 9.17) is 0 Å². The number of alkyl halides is 1. The first-order valence-corrected chi connectivity index (χ1v) is 9.30. The average Bonchev–Trinajstić information content (AvgIpc) is 2.50. The Kier molecular flexibility index (Phi) is 8.72. The molecule has 0 aliphatic carbocycles. The Morgan fingerprint density at radius 2 is 1.52 bits per heavy atom. The lowest BCUT2D eigenvalue weighted by molar-refractivity contribution is -0.131. The number of piperidine rings is 1. The molecule has 122 valence electrons. The van der Waals surface area contributed by atoms with Crippen molar-refractivity contribution in [1.82, 2.24) is 5.32 Å². The van der Waals surface area contributed by atoms with E-state index in [1.807, 2.05) is 0 Å². The summed E-state index contributed by atoms with van der Waals surface area (Å²) in [7, 11) is 0. The van der Waals surface area contributed by atoms with Crippen molar-refractivity contribution in [3.05, 3.63) is 0 Å². The molecule has 1 heterocycles. The fourth-order valence-corrected chi connectivity index (χ4v) is 3.79. The molecule has 0 saturated carbocycles. The third kappa shape index (κ3) is 5.82. The van der Waals surface area contributed by atoms with Gasteiger partial charge in [-0.05, 0) is 51.1 Å². The summed E-state index contributed by atoms with van der Waals surface area (Å²) < 4.78 is -0.917. The van der Waals surface area contributed by atoms with Crippen molar-refractivity contribution >= 4 is 27.5 Å². The van der Waals surface area contributed by atoms with E-state index in [1.54, 1.807) is 0 Å². The largest absolute Gasteiger partial charge is 0.317 e. The molecule has 1 rings (SSSR count). The lowest BCUT2D eigenvalue weighted by atomic mass is 9.81. The summed E-state index contributed by atoms with van der Waals surface area (Å²) in [5.74, 6) is 0.676. The van der Waals surface area contributed by atoms with Crippen molar-refractivity contribution in [1.29, 1.82) is 0 Å². The second-order valence-electron chi connectivity index (χ2n) is 6.25. The van der Waals surface area contributed by atoms with E-state index in [9.17, 15) is 9.59 Å². The van der Waals surface area contributed by atoms with E-state index in [0.29, 0.717) is 25.2 Å². The Bertz CT molecular complexity index is 318. The van der Waals surface area contributed by atoms with Crippen LogP contribution in [0.4, 0.5) is 0 Å². The molecule has 1 fully saturated rings. The van der Waals surface area contributed by atoms with Crippen molar-refractivity contribution in [2.75, 3.05) is 13.1 Å². The molecule has 1 aliphatic rings. The summed E-state index contributed by atoms with van der Waals surface area (Å²) in [5.41, 5.74) is 0. The maximum atomic E-state index is 12.6. The van der Waals surface area contributed by atoms with Crippen molar-refractivity contribution in [3.63, 3.8) is 0 Å². The van der Waals surface area contributed by atoms with Crippen LogP contribution in [0.1, 0.15) is 71.6 Å². The number of hydrogen-bond acceptors (Lipinski definition) is 3. The third-order valence-corrected chi connectivity index (χ3v) is 5.64. The quantitative estimate of drug-likeness (QED) is 0.473. The Hall–Kier alpha value is -0.220. The minimum absolute atomic E-state index is 0.101. The molecule has 1 saturated heterocycles. The zero-order valence-corrected chi connectivity index (χ0v) is 15.1. The van der Waals surface area contributed by atoms with Gasteiger partial charge < -0.3 is 5.32 Å². The van der Waals surface area contributed by atoms with Gasteiger partial charge >= 0.3 is 0 Å². The molecule has 0 bridgehead atoms. The number of ketones is 2. The predicted molar refractivity (Wildman–Crippen MR) is 90.9 cm³/mol. The van der Waals surface area contributed by atoms with Crippen LogP contribution in [0.2, 0.25) is 0 Å². The second kappa shape index (κ2) is 9.73. The van der Waals surface area contributed by atoms with Gasteiger partial charge in [0.1, 0.15) is 4.32 Å². The van der Waals surface area contributed by atoms with Crippen LogP contribution in [0.3, 0.4) is 0 Å². The van der Waals surface area contributed by atoms with Crippen molar-refractivity contribution in [3.8, 4) is 0 Å². The van der Waals surface area contributed by atoms with E-state index < -0.39 is 4.32 Å². The second-order valence-corrected chi connectivity index (χ2v) is 7.61. The van der Waals surface area contributed by atoms with E-state index >= 15 is 0 Å². The van der Waals surface area contributed by atoms with Crippen LogP contribution in [0.15, 0.2) is 0 Å². The average molecular weight is 360 g/mol. The highest BCUT2D eigenvalue weighted by Crippen LogP contribution is 2.35. The van der Waals surface area contributed by atoms with Gasteiger partial charge in [0, 0.05) is 12.8 Å². The molecule has 0 amide bonds. The smallest absolute Gasteiger partial charge is 0.157 e. The minimum Gasteiger partial charge on any atom is -0.317 e. The molecule has 3 nitrogen and oxygen atoms in total. The highest BCUT2D eigenvalue weighted by molar-refractivity contribution is 9.10. The van der Waals surface area contributed by atoms with Crippen LogP contribution in [-0.4, -0.2) is 29.0 Å². The summed E-state index contributed by atoms with van der Waals surface area (Å²) in [5, 5.41) is 3.34. The van der Waals surface area contributed by atoms with Crippen LogP contribution in [0.25, 0.3) is 0 Å². The topological polar surface area (TPSA) is 46.2 Å². The first-order valence-electron chi connectivity index (χ1n) is 8.50. The normalized spacial score (nSPS) is 16.9. The van der Waals surface area contributed by atoms with Crippen LogP contribution in [0.5, 0.6) is 0 Å². The number of carbonyl (C=O) groups excluding carboxylic acids is 2. The highest BCUT2D eigenvalue weighted by Gasteiger charge is 2.43. The molecule has 1 aliphatic heterocycles. The monoisotopic (exact) mass is 359 g/mol. The van der Waals surface area contributed by atoms with Crippen molar-refractivity contribution < 1.29 is 9.59 Å². The number of hydrogen-bond donors (Lipinski definition) is 1. The van der Waals surface area contributed by atoms with Crippen LogP contribution >= 0.6 is 15.9 Å². The first-order chi connectivity index (χ1) is 10.0. The van der Waals surface area contributed by atoms with E-state index in [0.717, 1.165) is 51.6 Å². The number of unbranched alkanes of at least 4 members (excludes halogenated alkanes) is 2. The Labute approximate surface area is 137 Å². The summed E-state index contributed by atoms with van der Waals surface area (Å²) in [6, 6.07) is 0. The van der Waals surface area contributed by atoms with Crippen LogP contribution in [0, 0.1) is 5.92 Å². The molecular weight excluding hydrogens is 330 g/mol. The predicted octanol–water partition coefficient (Wildman–Crippen LogP) is 4.03. The number of halogens is 1. The standard InChI is InChI=1S/C17H30BrNO2/c1-3-5-7-15(20)17(18,16(21)8-6-4-2)13-14-9-11-19-12-10-14/h14,19H,3-13H2,1-2H3. The van der Waals surface area contributed by atoms with E-state index in [2.05, 4.69) is 35.1 Å². The summed E-state index contributed by atoms with van der Waals surface area (Å²) in [4.78, 5) is 25.2. The molecular formula is C17H30BrNO2. The van der Waals surface area contributed by atoms with Gasteiger partial charge in [-0.15, -0.1) is 0 Å². The molecule has 0 atom stereocenters. The van der Waals surface area contributed by atoms with Crippen molar-refractivity contribution in [2.24, 2.45) is 5.92 Å². The zero-order chi connectivity index (χ0) is 15.7. The molecule has 0 aromatic carbocycles. The van der Waals surface area contributed by atoms with Gasteiger partial charge in [-0.25, -0.2) is 0 Å². The molecule has 0 radical (unpaired) electrons. The fourth-order valence-electron chi connectivity index (χ4n) is 2.94. The van der Waals surface area contributed by atoms with Crippen molar-refractivity contribution in [2.45, 2.75) is 76.0 Å². The van der Waals surface area contributed by atoms with Gasteiger partial charge in [-0.3, -0.25) is 9.59 Å². The van der Waals surface area contributed by atoms with Crippen LogP contribution < -0.4 is 5.32 Å². The lowest BCUT2D eigenvalue weighted by Crippen LogP contribution is -2.44. The van der Waals surface area contributed by atoms with Gasteiger partial charge in [0.05, 0.1) is 0 Å². The molecule has 21 heavy (non-hydrogen) atoms. The number of nitrogens with one attached hydrogen (secondary N) is 1. The van der Waals surface area contributed by atoms with E-state index in [1.165, 1.54) is 0 Å². The maximum absolute atomic E-state index is 12.6. The fraction of sp³-hybridized carbons (Fsp3) is 0.882. The van der Waals surface area contributed by atoms with Gasteiger partial charge in [-0.2, -0.15) is 0 Å².